The number of amidine groups is 1. The molecule has 140 valence electrons. The number of carbonyl (C=O) groups excluding carboxylic acids is 1. The van der Waals surface area contributed by atoms with Gasteiger partial charge in [-0.3, -0.25) is 9.69 Å². The Morgan fingerprint density at radius 1 is 1.19 bits per heavy atom. The Kier molecular flexibility index (Phi) is 5.41. The number of aliphatic imine (C=N–C) groups is 1. The Bertz CT molecular complexity index is 953. The third-order valence-electron chi connectivity index (χ3n) is 4.05. The SMILES string of the molecule is CCN1C(=O)/C(=C/c2ccc(O)c(OC)c2)SC1=Nc1ccc(C)cc1O. The number of hydrogen-bond donors (Lipinski definition) is 2. The first kappa shape index (κ1) is 18.8. The molecule has 1 aliphatic rings. The first-order valence-electron chi connectivity index (χ1n) is 8.39. The minimum Gasteiger partial charge on any atom is -0.506 e. The molecule has 1 fully saturated rings. The van der Waals surface area contributed by atoms with Gasteiger partial charge in [0.2, 0.25) is 0 Å². The van der Waals surface area contributed by atoms with Gasteiger partial charge in [-0.25, -0.2) is 4.99 Å². The predicted molar refractivity (Wildman–Crippen MR) is 108 cm³/mol. The van der Waals surface area contributed by atoms with Gasteiger partial charge in [0, 0.05) is 6.54 Å². The van der Waals surface area contributed by atoms with Crippen LogP contribution in [-0.4, -0.2) is 39.8 Å². The largest absolute Gasteiger partial charge is 0.506 e. The fraction of sp³-hybridized carbons (Fsp3) is 0.200. The number of hydrogen-bond acceptors (Lipinski definition) is 6. The van der Waals surface area contributed by atoms with Gasteiger partial charge in [0.25, 0.3) is 5.91 Å². The van der Waals surface area contributed by atoms with Crippen LogP contribution >= 0.6 is 11.8 Å². The normalized spacial score (nSPS) is 17.1. The van der Waals surface area contributed by atoms with Crippen molar-refractivity contribution in [3.05, 3.63) is 52.4 Å². The van der Waals surface area contributed by atoms with Crippen LogP contribution in [0.25, 0.3) is 6.08 Å². The van der Waals surface area contributed by atoms with Gasteiger partial charge in [0.15, 0.2) is 16.7 Å². The molecule has 1 saturated heterocycles. The zero-order valence-corrected chi connectivity index (χ0v) is 16.1. The number of likely N-dealkylation sites (N-methyl/N-ethyl adjacent to an activating group) is 1. The van der Waals surface area contributed by atoms with Crippen molar-refractivity contribution >= 4 is 34.6 Å². The molecular weight excluding hydrogens is 364 g/mol. The van der Waals surface area contributed by atoms with Crippen molar-refractivity contribution in [1.82, 2.24) is 4.90 Å². The van der Waals surface area contributed by atoms with E-state index in [2.05, 4.69) is 4.99 Å². The van der Waals surface area contributed by atoms with E-state index in [1.54, 1.807) is 35.2 Å². The minimum absolute atomic E-state index is 0.0392. The fourth-order valence-corrected chi connectivity index (χ4v) is 3.69. The van der Waals surface area contributed by atoms with Crippen molar-refractivity contribution in [2.24, 2.45) is 4.99 Å². The third kappa shape index (κ3) is 3.93. The number of rotatable bonds is 4. The molecule has 7 heteroatoms. The number of phenols is 2. The van der Waals surface area contributed by atoms with Crippen LogP contribution in [0.1, 0.15) is 18.1 Å². The molecule has 0 atom stereocenters. The Morgan fingerprint density at radius 3 is 2.63 bits per heavy atom. The number of phenolic OH excluding ortho intramolecular Hbond substituents is 2. The summed E-state index contributed by atoms with van der Waals surface area (Å²) in [6, 6.07) is 10.1. The summed E-state index contributed by atoms with van der Waals surface area (Å²) in [4.78, 5) is 19.3. The number of methoxy groups -OCH3 is 1. The van der Waals surface area contributed by atoms with Gasteiger partial charge in [-0.1, -0.05) is 12.1 Å². The summed E-state index contributed by atoms with van der Waals surface area (Å²) in [5, 5.41) is 20.3. The van der Waals surface area contributed by atoms with Crippen LogP contribution in [0.5, 0.6) is 17.2 Å². The average Bonchev–Trinajstić information content (AvgIpc) is 2.93. The van der Waals surface area contributed by atoms with Gasteiger partial charge >= 0.3 is 0 Å². The summed E-state index contributed by atoms with van der Waals surface area (Å²) >= 11 is 1.24. The standard InChI is InChI=1S/C20H20N2O4S/c1-4-22-19(25)18(11-13-6-8-15(23)17(10-13)26-3)27-20(22)21-14-7-5-12(2)9-16(14)24/h5-11,23-24H,4H2,1-3H3/b18-11-,21-20?. The Hall–Kier alpha value is -2.93. The minimum atomic E-state index is -0.153. The molecule has 0 saturated carbocycles. The van der Waals surface area contributed by atoms with Crippen LogP contribution in [0.4, 0.5) is 5.69 Å². The van der Waals surface area contributed by atoms with Crippen LogP contribution in [0.2, 0.25) is 0 Å². The zero-order chi connectivity index (χ0) is 19.6. The summed E-state index contributed by atoms with van der Waals surface area (Å²) in [6.07, 6.45) is 1.73. The maximum atomic E-state index is 12.7. The van der Waals surface area contributed by atoms with E-state index in [0.717, 1.165) is 11.1 Å². The second kappa shape index (κ2) is 7.75. The van der Waals surface area contributed by atoms with E-state index in [0.29, 0.717) is 28.1 Å². The molecule has 6 nitrogen and oxygen atoms in total. The van der Waals surface area contributed by atoms with E-state index >= 15 is 0 Å². The molecule has 2 N–H and O–H groups in total. The van der Waals surface area contributed by atoms with Gasteiger partial charge in [-0.05, 0) is 67.1 Å². The molecule has 2 aromatic rings. The van der Waals surface area contributed by atoms with Crippen molar-refractivity contribution < 1.29 is 19.7 Å². The molecule has 3 rings (SSSR count). The number of nitrogens with zero attached hydrogens (tertiary/aromatic N) is 2. The van der Waals surface area contributed by atoms with E-state index in [-0.39, 0.29) is 17.4 Å². The number of aromatic hydroxyl groups is 2. The lowest BCUT2D eigenvalue weighted by Crippen LogP contribution is -2.28. The zero-order valence-electron chi connectivity index (χ0n) is 15.3. The molecule has 0 radical (unpaired) electrons. The number of thioether (sulfide) groups is 1. The van der Waals surface area contributed by atoms with Crippen molar-refractivity contribution in [1.29, 1.82) is 0 Å². The molecule has 1 amide bonds. The number of aryl methyl sites for hydroxylation is 1. The highest BCUT2D eigenvalue weighted by Gasteiger charge is 2.32. The predicted octanol–water partition coefficient (Wildman–Crippen LogP) is 4.04. The third-order valence-corrected chi connectivity index (χ3v) is 5.06. The lowest BCUT2D eigenvalue weighted by Gasteiger charge is -2.12. The first-order valence-corrected chi connectivity index (χ1v) is 9.21. The number of benzene rings is 2. The lowest BCUT2D eigenvalue weighted by atomic mass is 10.2. The van der Waals surface area contributed by atoms with E-state index < -0.39 is 0 Å². The van der Waals surface area contributed by atoms with Crippen LogP contribution in [0.3, 0.4) is 0 Å². The van der Waals surface area contributed by atoms with Crippen molar-refractivity contribution in [2.75, 3.05) is 13.7 Å². The summed E-state index contributed by atoms with van der Waals surface area (Å²) in [5.41, 5.74) is 2.08. The molecular formula is C20H20N2O4S. The van der Waals surface area contributed by atoms with Gasteiger partial charge in [-0.2, -0.15) is 0 Å². The van der Waals surface area contributed by atoms with Crippen LogP contribution < -0.4 is 4.74 Å². The van der Waals surface area contributed by atoms with E-state index in [4.69, 9.17) is 4.74 Å². The smallest absolute Gasteiger partial charge is 0.266 e. The summed E-state index contributed by atoms with van der Waals surface area (Å²) in [7, 11) is 1.47. The van der Waals surface area contributed by atoms with Crippen LogP contribution in [0.15, 0.2) is 46.3 Å². The summed E-state index contributed by atoms with van der Waals surface area (Å²) < 4.78 is 5.11. The highest BCUT2D eigenvalue weighted by Crippen LogP contribution is 2.37. The number of amides is 1. The lowest BCUT2D eigenvalue weighted by molar-refractivity contribution is -0.122. The van der Waals surface area contributed by atoms with Crippen LogP contribution in [-0.2, 0) is 4.79 Å². The topological polar surface area (TPSA) is 82.4 Å². The Labute approximate surface area is 161 Å². The molecule has 1 aliphatic heterocycles. The molecule has 0 bridgehead atoms. The van der Waals surface area contributed by atoms with E-state index in [9.17, 15) is 15.0 Å². The maximum Gasteiger partial charge on any atom is 0.266 e. The highest BCUT2D eigenvalue weighted by molar-refractivity contribution is 8.18. The van der Waals surface area contributed by atoms with Gasteiger partial charge in [0.1, 0.15) is 11.4 Å². The fourth-order valence-electron chi connectivity index (χ4n) is 2.64. The number of ether oxygens (including phenoxy) is 1. The molecule has 2 aromatic carbocycles. The first-order chi connectivity index (χ1) is 12.9. The molecule has 1 heterocycles. The second-order valence-electron chi connectivity index (χ2n) is 5.98. The highest BCUT2D eigenvalue weighted by atomic mass is 32.2. The average molecular weight is 384 g/mol. The van der Waals surface area contributed by atoms with Crippen LogP contribution in [0, 0.1) is 6.92 Å². The van der Waals surface area contributed by atoms with Crippen molar-refractivity contribution in [3.8, 4) is 17.2 Å². The quantitative estimate of drug-likeness (QED) is 0.778. The molecule has 0 aromatic heterocycles. The molecule has 0 aliphatic carbocycles. The van der Waals surface area contributed by atoms with Gasteiger partial charge in [0.05, 0.1) is 12.0 Å². The number of carbonyl (C=O) groups is 1. The Morgan fingerprint density at radius 2 is 1.96 bits per heavy atom. The summed E-state index contributed by atoms with van der Waals surface area (Å²) in [6.45, 7) is 4.22. The molecule has 27 heavy (non-hydrogen) atoms. The summed E-state index contributed by atoms with van der Waals surface area (Å²) in [5.74, 6) is 0.301. The maximum absolute atomic E-state index is 12.7. The van der Waals surface area contributed by atoms with E-state index in [1.165, 1.54) is 24.9 Å². The molecule has 0 unspecified atom stereocenters. The van der Waals surface area contributed by atoms with Gasteiger partial charge in [-0.15, -0.1) is 0 Å². The Balaban J connectivity index is 1.96. The monoisotopic (exact) mass is 384 g/mol. The van der Waals surface area contributed by atoms with Gasteiger partial charge < -0.3 is 14.9 Å². The molecule has 0 spiro atoms. The second-order valence-corrected chi connectivity index (χ2v) is 6.99. The van der Waals surface area contributed by atoms with Crippen molar-refractivity contribution in [3.63, 3.8) is 0 Å². The van der Waals surface area contributed by atoms with E-state index in [1.807, 2.05) is 19.9 Å². The van der Waals surface area contributed by atoms with Crippen molar-refractivity contribution in [2.45, 2.75) is 13.8 Å².